The van der Waals surface area contributed by atoms with Gasteiger partial charge in [0.15, 0.2) is 11.6 Å². The van der Waals surface area contributed by atoms with Crippen molar-refractivity contribution >= 4 is 33.0 Å². The molecular formula is C13H11BrN4S. The molecule has 0 atom stereocenters. The van der Waals surface area contributed by atoms with Gasteiger partial charge < -0.3 is 5.73 Å². The Labute approximate surface area is 123 Å². The van der Waals surface area contributed by atoms with Crippen LogP contribution in [0.4, 0.5) is 5.69 Å². The molecule has 19 heavy (non-hydrogen) atoms. The van der Waals surface area contributed by atoms with E-state index in [0.29, 0.717) is 5.69 Å². The third-order valence-electron chi connectivity index (χ3n) is 2.68. The van der Waals surface area contributed by atoms with Gasteiger partial charge >= 0.3 is 0 Å². The van der Waals surface area contributed by atoms with E-state index < -0.39 is 0 Å². The highest BCUT2D eigenvalue weighted by Crippen LogP contribution is 2.28. The monoisotopic (exact) mass is 334 g/mol. The summed E-state index contributed by atoms with van der Waals surface area (Å²) < 4.78 is 2.71. The molecule has 2 N–H and O–H groups in total. The number of benzene rings is 1. The van der Waals surface area contributed by atoms with E-state index >= 15 is 0 Å². The van der Waals surface area contributed by atoms with Crippen molar-refractivity contribution in [2.24, 2.45) is 7.05 Å². The van der Waals surface area contributed by atoms with Crippen LogP contribution in [0.3, 0.4) is 0 Å². The first-order valence-electron chi connectivity index (χ1n) is 5.65. The SMILES string of the molecule is Cn1nc(-c2cccs2)nc1-c1cc(N)cc(Br)c1. The first-order valence-corrected chi connectivity index (χ1v) is 7.32. The molecule has 6 heteroatoms. The zero-order valence-corrected chi connectivity index (χ0v) is 12.6. The van der Waals surface area contributed by atoms with Crippen LogP contribution in [0.2, 0.25) is 0 Å². The lowest BCUT2D eigenvalue weighted by molar-refractivity contribution is 0.778. The Balaban J connectivity index is 2.10. The lowest BCUT2D eigenvalue weighted by Crippen LogP contribution is -1.95. The number of thiophene rings is 1. The summed E-state index contributed by atoms with van der Waals surface area (Å²) in [6.45, 7) is 0. The smallest absolute Gasteiger partial charge is 0.191 e. The minimum Gasteiger partial charge on any atom is -0.399 e. The number of nitrogens with two attached hydrogens (primary N) is 1. The average molecular weight is 335 g/mol. The summed E-state index contributed by atoms with van der Waals surface area (Å²) in [5.74, 6) is 1.54. The van der Waals surface area contributed by atoms with Crippen molar-refractivity contribution in [2.75, 3.05) is 5.73 Å². The number of halogens is 1. The Morgan fingerprint density at radius 3 is 2.84 bits per heavy atom. The van der Waals surface area contributed by atoms with E-state index in [4.69, 9.17) is 5.73 Å². The second kappa shape index (κ2) is 4.79. The molecule has 0 saturated carbocycles. The number of nitrogens with zero attached hydrogens (tertiary/aromatic N) is 3. The Morgan fingerprint density at radius 1 is 1.32 bits per heavy atom. The van der Waals surface area contributed by atoms with E-state index in [1.807, 2.05) is 42.8 Å². The molecule has 0 amide bonds. The maximum atomic E-state index is 5.86. The van der Waals surface area contributed by atoms with E-state index in [1.165, 1.54) is 0 Å². The predicted octanol–water partition coefficient (Wildman–Crippen LogP) is 3.56. The summed E-state index contributed by atoms with van der Waals surface area (Å²) in [5, 5.41) is 6.46. The summed E-state index contributed by atoms with van der Waals surface area (Å²) in [6, 6.07) is 9.75. The van der Waals surface area contributed by atoms with Crippen LogP contribution in [0.5, 0.6) is 0 Å². The number of aromatic nitrogens is 3. The third kappa shape index (κ3) is 2.41. The molecule has 4 nitrogen and oxygen atoms in total. The van der Waals surface area contributed by atoms with Crippen molar-refractivity contribution in [1.29, 1.82) is 0 Å². The van der Waals surface area contributed by atoms with Gasteiger partial charge in [-0.3, -0.25) is 0 Å². The van der Waals surface area contributed by atoms with Gasteiger partial charge in [-0.05, 0) is 29.6 Å². The molecule has 0 spiro atoms. The molecule has 0 fully saturated rings. The van der Waals surface area contributed by atoms with Crippen LogP contribution in [-0.4, -0.2) is 14.8 Å². The van der Waals surface area contributed by atoms with Crippen LogP contribution < -0.4 is 5.73 Å². The lowest BCUT2D eigenvalue weighted by Gasteiger charge is -2.02. The third-order valence-corrected chi connectivity index (χ3v) is 4.01. The van der Waals surface area contributed by atoms with Gasteiger partial charge in [-0.1, -0.05) is 22.0 Å². The number of hydrogen-bond donors (Lipinski definition) is 1. The van der Waals surface area contributed by atoms with Gasteiger partial charge in [-0.15, -0.1) is 16.4 Å². The standard InChI is InChI=1S/C13H11BrN4S/c1-18-13(8-5-9(14)7-10(15)6-8)16-12(17-18)11-3-2-4-19-11/h2-7H,15H2,1H3. The normalized spacial score (nSPS) is 10.8. The van der Waals surface area contributed by atoms with Gasteiger partial charge in [0.25, 0.3) is 0 Å². The molecule has 0 radical (unpaired) electrons. The zero-order valence-electron chi connectivity index (χ0n) is 10.2. The number of nitrogen functional groups attached to an aromatic ring is 1. The van der Waals surface area contributed by atoms with Crippen molar-refractivity contribution in [3.8, 4) is 22.1 Å². The molecule has 3 aromatic rings. The van der Waals surface area contributed by atoms with Gasteiger partial charge in [0.1, 0.15) is 0 Å². The van der Waals surface area contributed by atoms with Crippen LogP contribution in [0, 0.1) is 0 Å². The van der Waals surface area contributed by atoms with Crippen molar-refractivity contribution < 1.29 is 0 Å². The highest BCUT2D eigenvalue weighted by atomic mass is 79.9. The maximum absolute atomic E-state index is 5.86. The fourth-order valence-electron chi connectivity index (χ4n) is 1.89. The average Bonchev–Trinajstić information content (AvgIpc) is 2.95. The Bertz CT molecular complexity index is 698. The number of aryl methyl sites for hydroxylation is 1. The Kier molecular flexibility index (Phi) is 3.12. The fraction of sp³-hybridized carbons (Fsp3) is 0.0769. The Hall–Kier alpha value is -1.66. The van der Waals surface area contributed by atoms with Crippen molar-refractivity contribution in [3.05, 3.63) is 40.2 Å². The lowest BCUT2D eigenvalue weighted by atomic mass is 10.2. The van der Waals surface area contributed by atoms with Crippen molar-refractivity contribution in [1.82, 2.24) is 14.8 Å². The van der Waals surface area contributed by atoms with E-state index in [-0.39, 0.29) is 0 Å². The first-order chi connectivity index (χ1) is 9.13. The largest absolute Gasteiger partial charge is 0.399 e. The van der Waals surface area contributed by atoms with Crippen molar-refractivity contribution in [3.63, 3.8) is 0 Å². The molecule has 0 aliphatic rings. The molecule has 0 saturated heterocycles. The van der Waals surface area contributed by atoms with E-state index in [1.54, 1.807) is 16.0 Å². The highest BCUT2D eigenvalue weighted by Gasteiger charge is 2.12. The molecule has 2 heterocycles. The summed E-state index contributed by atoms with van der Waals surface area (Å²) in [5.41, 5.74) is 7.51. The summed E-state index contributed by atoms with van der Waals surface area (Å²) in [4.78, 5) is 5.65. The molecule has 1 aromatic carbocycles. The van der Waals surface area contributed by atoms with Crippen LogP contribution >= 0.6 is 27.3 Å². The van der Waals surface area contributed by atoms with Gasteiger partial charge in [0.2, 0.25) is 0 Å². The fourth-order valence-corrected chi connectivity index (χ4v) is 3.05. The summed E-state index contributed by atoms with van der Waals surface area (Å²) in [6.07, 6.45) is 0. The maximum Gasteiger partial charge on any atom is 0.191 e. The second-order valence-corrected chi connectivity index (χ2v) is 6.00. The van der Waals surface area contributed by atoms with Gasteiger partial charge in [0.05, 0.1) is 4.88 Å². The minimum atomic E-state index is 0.699. The zero-order chi connectivity index (χ0) is 13.4. The van der Waals surface area contributed by atoms with Crippen LogP contribution in [0.25, 0.3) is 22.1 Å². The molecule has 0 unspecified atom stereocenters. The van der Waals surface area contributed by atoms with Crippen molar-refractivity contribution in [2.45, 2.75) is 0 Å². The quantitative estimate of drug-likeness (QED) is 0.729. The minimum absolute atomic E-state index is 0.699. The van der Waals surface area contributed by atoms with E-state index in [0.717, 1.165) is 26.6 Å². The van der Waals surface area contributed by atoms with E-state index in [9.17, 15) is 0 Å². The molecule has 2 aromatic heterocycles. The first kappa shape index (κ1) is 12.4. The topological polar surface area (TPSA) is 56.7 Å². The van der Waals surface area contributed by atoms with Gasteiger partial charge in [0, 0.05) is 22.8 Å². The molecular weight excluding hydrogens is 324 g/mol. The number of hydrogen-bond acceptors (Lipinski definition) is 4. The predicted molar refractivity (Wildman–Crippen MR) is 81.9 cm³/mol. The Morgan fingerprint density at radius 2 is 2.16 bits per heavy atom. The van der Waals surface area contributed by atoms with Crippen LogP contribution in [-0.2, 0) is 7.05 Å². The van der Waals surface area contributed by atoms with E-state index in [2.05, 4.69) is 26.0 Å². The summed E-state index contributed by atoms with van der Waals surface area (Å²) >= 11 is 5.07. The molecule has 0 aliphatic heterocycles. The van der Waals surface area contributed by atoms with Crippen LogP contribution in [0.15, 0.2) is 40.2 Å². The highest BCUT2D eigenvalue weighted by molar-refractivity contribution is 9.10. The van der Waals surface area contributed by atoms with Crippen LogP contribution in [0.1, 0.15) is 0 Å². The number of anilines is 1. The summed E-state index contributed by atoms with van der Waals surface area (Å²) in [7, 11) is 1.89. The molecule has 3 rings (SSSR count). The second-order valence-electron chi connectivity index (χ2n) is 4.13. The van der Waals surface area contributed by atoms with Gasteiger partial charge in [-0.2, -0.15) is 0 Å². The van der Waals surface area contributed by atoms with Gasteiger partial charge in [-0.25, -0.2) is 9.67 Å². The molecule has 96 valence electrons. The molecule has 0 bridgehead atoms. The number of rotatable bonds is 2. The molecule has 0 aliphatic carbocycles.